The van der Waals surface area contributed by atoms with Crippen molar-refractivity contribution in [1.82, 2.24) is 19.6 Å². The minimum absolute atomic E-state index is 0.00506. The summed E-state index contributed by atoms with van der Waals surface area (Å²) in [4.78, 5) is 21.3. The van der Waals surface area contributed by atoms with Crippen LogP contribution in [-0.2, 0) is 10.0 Å². The summed E-state index contributed by atoms with van der Waals surface area (Å²) in [5, 5.41) is 9.78. The van der Waals surface area contributed by atoms with Crippen LogP contribution in [0.4, 0.5) is 4.39 Å². The van der Waals surface area contributed by atoms with E-state index < -0.39 is 28.1 Å². The van der Waals surface area contributed by atoms with Gasteiger partial charge in [-0.15, -0.1) is 0 Å². The van der Waals surface area contributed by atoms with Crippen LogP contribution >= 0.6 is 0 Å². The second-order valence-corrected chi connectivity index (χ2v) is 7.62. The van der Waals surface area contributed by atoms with Crippen LogP contribution in [0.1, 0.15) is 16.9 Å². The molecule has 1 saturated heterocycles. The van der Waals surface area contributed by atoms with Crippen LogP contribution < -0.4 is 4.72 Å². The monoisotopic (exact) mass is 380 g/mol. The number of halogens is 1. The number of alkyl halides is 1. The van der Waals surface area contributed by atoms with Crippen molar-refractivity contribution in [2.24, 2.45) is 0 Å². The molecule has 1 aliphatic rings. The highest BCUT2D eigenvalue weighted by molar-refractivity contribution is 7.89. The predicted molar refractivity (Wildman–Crippen MR) is 89.7 cm³/mol. The highest BCUT2D eigenvalue weighted by Crippen LogP contribution is 2.25. The molecule has 1 fully saturated rings. The van der Waals surface area contributed by atoms with Crippen LogP contribution in [0, 0.1) is 0 Å². The van der Waals surface area contributed by atoms with Gasteiger partial charge in [0.1, 0.15) is 16.8 Å². The molecule has 8 nitrogen and oxygen atoms in total. The van der Waals surface area contributed by atoms with Crippen LogP contribution in [0.25, 0.3) is 0 Å². The number of pyridine rings is 2. The lowest BCUT2D eigenvalue weighted by Gasteiger charge is -2.24. The molecule has 3 heterocycles. The van der Waals surface area contributed by atoms with Gasteiger partial charge in [0.2, 0.25) is 10.0 Å². The normalized spacial score (nSPS) is 20.3. The first kappa shape index (κ1) is 18.2. The van der Waals surface area contributed by atoms with E-state index in [-0.39, 0.29) is 35.8 Å². The zero-order chi connectivity index (χ0) is 18.7. The second-order valence-electron chi connectivity index (χ2n) is 5.86. The SMILES string of the molecule is O=C(c1ncccc1O)N1C[C@@H](F)C[C@H]1CNS(=O)(=O)c1cccnc1. The molecule has 2 atom stereocenters. The van der Waals surface area contributed by atoms with E-state index in [1.165, 1.54) is 47.8 Å². The van der Waals surface area contributed by atoms with Gasteiger partial charge in [0, 0.05) is 37.6 Å². The average Bonchev–Trinajstić information content (AvgIpc) is 3.01. The number of amides is 1. The number of nitrogens with zero attached hydrogens (tertiary/aromatic N) is 3. The Bertz CT molecular complexity index is 894. The maximum Gasteiger partial charge on any atom is 0.276 e. The zero-order valence-corrected chi connectivity index (χ0v) is 14.4. The first-order valence-electron chi connectivity index (χ1n) is 7.87. The Morgan fingerprint density at radius 1 is 1.35 bits per heavy atom. The number of hydrogen-bond acceptors (Lipinski definition) is 6. The van der Waals surface area contributed by atoms with Crippen molar-refractivity contribution >= 4 is 15.9 Å². The van der Waals surface area contributed by atoms with E-state index in [9.17, 15) is 22.7 Å². The number of nitrogens with one attached hydrogen (secondary N) is 1. The van der Waals surface area contributed by atoms with E-state index in [2.05, 4.69) is 14.7 Å². The van der Waals surface area contributed by atoms with E-state index in [4.69, 9.17) is 0 Å². The lowest BCUT2D eigenvalue weighted by Crippen LogP contribution is -2.43. The molecule has 0 bridgehead atoms. The van der Waals surface area contributed by atoms with Gasteiger partial charge in [-0.25, -0.2) is 22.5 Å². The van der Waals surface area contributed by atoms with Crippen LogP contribution in [0.2, 0.25) is 0 Å². The molecule has 1 aliphatic heterocycles. The Labute approximate surface area is 149 Å². The van der Waals surface area contributed by atoms with Gasteiger partial charge >= 0.3 is 0 Å². The Hall–Kier alpha value is -2.59. The van der Waals surface area contributed by atoms with E-state index in [0.717, 1.165) is 0 Å². The third-order valence-corrected chi connectivity index (χ3v) is 5.48. The number of carbonyl (C=O) groups excluding carboxylic acids is 1. The number of aromatic hydroxyl groups is 1. The van der Waals surface area contributed by atoms with Crippen molar-refractivity contribution in [1.29, 1.82) is 0 Å². The number of sulfonamides is 1. The van der Waals surface area contributed by atoms with Gasteiger partial charge in [0.05, 0.1) is 6.54 Å². The molecule has 2 aromatic rings. The van der Waals surface area contributed by atoms with Crippen molar-refractivity contribution in [3.63, 3.8) is 0 Å². The number of hydrogen-bond donors (Lipinski definition) is 2. The summed E-state index contributed by atoms with van der Waals surface area (Å²) in [6.45, 7) is -0.342. The Balaban J connectivity index is 1.74. The molecule has 0 aromatic carbocycles. The van der Waals surface area contributed by atoms with Gasteiger partial charge in [-0.3, -0.25) is 9.78 Å². The van der Waals surface area contributed by atoms with Crippen LogP contribution in [0.3, 0.4) is 0 Å². The van der Waals surface area contributed by atoms with Crippen LogP contribution in [-0.4, -0.2) is 59.6 Å². The fraction of sp³-hybridized carbons (Fsp3) is 0.312. The minimum atomic E-state index is -3.83. The van der Waals surface area contributed by atoms with Gasteiger partial charge in [0.15, 0.2) is 5.69 Å². The molecular weight excluding hydrogens is 363 g/mol. The molecule has 138 valence electrons. The summed E-state index contributed by atoms with van der Waals surface area (Å²) >= 11 is 0. The molecule has 2 aromatic heterocycles. The molecule has 0 radical (unpaired) electrons. The molecule has 1 amide bonds. The predicted octanol–water partition coefficient (Wildman–Crippen LogP) is 0.713. The minimum Gasteiger partial charge on any atom is -0.505 e. The molecule has 0 spiro atoms. The van der Waals surface area contributed by atoms with Crippen molar-refractivity contribution in [2.45, 2.75) is 23.5 Å². The Morgan fingerprint density at radius 3 is 2.81 bits per heavy atom. The number of aromatic nitrogens is 2. The molecule has 0 aliphatic carbocycles. The summed E-state index contributed by atoms with van der Waals surface area (Å²) < 4.78 is 40.8. The fourth-order valence-electron chi connectivity index (χ4n) is 2.79. The van der Waals surface area contributed by atoms with Crippen molar-refractivity contribution in [2.75, 3.05) is 13.1 Å². The third-order valence-electron chi connectivity index (χ3n) is 4.07. The highest BCUT2D eigenvalue weighted by Gasteiger charge is 2.37. The Morgan fingerprint density at radius 2 is 2.12 bits per heavy atom. The second kappa shape index (κ2) is 7.34. The number of carbonyl (C=O) groups is 1. The van der Waals surface area contributed by atoms with E-state index >= 15 is 0 Å². The van der Waals surface area contributed by atoms with Crippen LogP contribution in [0.15, 0.2) is 47.8 Å². The molecule has 0 saturated carbocycles. The Kier molecular flexibility index (Phi) is 5.14. The van der Waals surface area contributed by atoms with Crippen molar-refractivity contribution < 1.29 is 22.7 Å². The third kappa shape index (κ3) is 3.81. The zero-order valence-electron chi connectivity index (χ0n) is 13.6. The molecule has 3 rings (SSSR count). The maximum absolute atomic E-state index is 13.9. The maximum atomic E-state index is 13.9. The summed E-state index contributed by atoms with van der Waals surface area (Å²) in [7, 11) is -3.83. The van der Waals surface area contributed by atoms with E-state index in [1.54, 1.807) is 0 Å². The molecule has 0 unspecified atom stereocenters. The summed E-state index contributed by atoms with van der Waals surface area (Å²) in [5.74, 6) is -0.955. The van der Waals surface area contributed by atoms with Gasteiger partial charge in [0.25, 0.3) is 5.91 Å². The lowest BCUT2D eigenvalue weighted by molar-refractivity contribution is 0.0722. The lowest BCUT2D eigenvalue weighted by atomic mass is 10.2. The fourth-order valence-corrected chi connectivity index (χ4v) is 3.83. The van der Waals surface area contributed by atoms with Gasteiger partial charge < -0.3 is 10.0 Å². The average molecular weight is 380 g/mol. The summed E-state index contributed by atoms with van der Waals surface area (Å²) in [5.41, 5.74) is -0.193. The van der Waals surface area contributed by atoms with E-state index in [0.29, 0.717) is 0 Å². The van der Waals surface area contributed by atoms with Gasteiger partial charge in [-0.1, -0.05) is 0 Å². The van der Waals surface area contributed by atoms with Crippen LogP contribution in [0.5, 0.6) is 5.75 Å². The van der Waals surface area contributed by atoms with Crippen molar-refractivity contribution in [3.05, 3.63) is 48.5 Å². The number of likely N-dealkylation sites (tertiary alicyclic amines) is 1. The van der Waals surface area contributed by atoms with Crippen molar-refractivity contribution in [3.8, 4) is 5.75 Å². The highest BCUT2D eigenvalue weighted by atomic mass is 32.2. The largest absolute Gasteiger partial charge is 0.505 e. The standard InChI is InChI=1S/C16H17FN4O4S/c17-11-7-12(8-20-26(24,25)13-3-1-5-18-9-13)21(10-11)16(23)15-14(22)4-2-6-19-15/h1-6,9,11-12,20,22H,7-8,10H2/t11-,12-/m0/s1. The smallest absolute Gasteiger partial charge is 0.276 e. The molecular formula is C16H17FN4O4S. The van der Waals surface area contributed by atoms with Gasteiger partial charge in [-0.05, 0) is 24.3 Å². The van der Waals surface area contributed by atoms with Gasteiger partial charge in [-0.2, -0.15) is 0 Å². The first-order chi connectivity index (χ1) is 12.4. The molecule has 10 heteroatoms. The summed E-state index contributed by atoms with van der Waals surface area (Å²) in [6.07, 6.45) is 2.70. The quantitative estimate of drug-likeness (QED) is 0.790. The summed E-state index contributed by atoms with van der Waals surface area (Å²) in [6, 6.07) is 4.96. The first-order valence-corrected chi connectivity index (χ1v) is 9.35. The van der Waals surface area contributed by atoms with E-state index in [1.807, 2.05) is 0 Å². The molecule has 26 heavy (non-hydrogen) atoms. The molecule has 2 N–H and O–H groups in total. The number of rotatable bonds is 5. The topological polar surface area (TPSA) is 112 Å².